The number of carbonyl (C=O) groups is 1. The zero-order chi connectivity index (χ0) is 9.94. The highest BCUT2D eigenvalue weighted by molar-refractivity contribution is 5.73. The first-order valence-electron chi connectivity index (χ1n) is 4.22. The summed E-state index contributed by atoms with van der Waals surface area (Å²) in [6.45, 7) is 8.12. The van der Waals surface area contributed by atoms with Gasteiger partial charge in [-0.1, -0.05) is 27.7 Å². The molecule has 0 spiro atoms. The summed E-state index contributed by atoms with van der Waals surface area (Å²) >= 11 is 0. The van der Waals surface area contributed by atoms with Gasteiger partial charge in [-0.05, 0) is 17.8 Å². The van der Waals surface area contributed by atoms with Gasteiger partial charge >= 0.3 is 5.97 Å². The van der Waals surface area contributed by atoms with Crippen molar-refractivity contribution in [2.24, 2.45) is 17.1 Å². The predicted molar refractivity (Wildman–Crippen MR) is 48.8 cm³/mol. The van der Waals surface area contributed by atoms with E-state index in [-0.39, 0.29) is 11.3 Å². The van der Waals surface area contributed by atoms with Crippen LogP contribution in [0.25, 0.3) is 0 Å². The molecular weight excluding hydrogens is 154 g/mol. The number of rotatable bonds is 3. The molecule has 0 aliphatic carbocycles. The highest BCUT2D eigenvalue weighted by Gasteiger charge is 2.24. The Kier molecular flexibility index (Phi) is 3.71. The van der Waals surface area contributed by atoms with Gasteiger partial charge in [0.2, 0.25) is 0 Å². The highest BCUT2D eigenvalue weighted by atomic mass is 16.4. The molecule has 72 valence electrons. The molecule has 0 aromatic rings. The maximum absolute atomic E-state index is 10.5. The monoisotopic (exact) mass is 173 g/mol. The highest BCUT2D eigenvalue weighted by Crippen LogP contribution is 2.25. The molecule has 0 bridgehead atoms. The number of nitrogens with two attached hydrogens (primary N) is 1. The van der Waals surface area contributed by atoms with Crippen LogP contribution in [-0.4, -0.2) is 17.1 Å². The molecule has 0 radical (unpaired) electrons. The number of hydrogen-bond donors (Lipinski definition) is 2. The van der Waals surface area contributed by atoms with Crippen LogP contribution in [0.4, 0.5) is 0 Å². The van der Waals surface area contributed by atoms with Crippen LogP contribution in [0.3, 0.4) is 0 Å². The summed E-state index contributed by atoms with van der Waals surface area (Å²) in [5.41, 5.74) is 5.61. The van der Waals surface area contributed by atoms with E-state index in [2.05, 4.69) is 20.8 Å². The minimum Gasteiger partial charge on any atom is -0.480 e. The van der Waals surface area contributed by atoms with Gasteiger partial charge in [-0.3, -0.25) is 4.79 Å². The molecule has 3 N–H and O–H groups in total. The average molecular weight is 173 g/mol. The Morgan fingerprint density at radius 1 is 1.50 bits per heavy atom. The molecule has 0 aromatic heterocycles. The van der Waals surface area contributed by atoms with E-state index < -0.39 is 12.0 Å². The molecule has 0 amide bonds. The lowest BCUT2D eigenvalue weighted by Crippen LogP contribution is -2.38. The average Bonchev–Trinajstić information content (AvgIpc) is 1.82. The first-order valence-corrected chi connectivity index (χ1v) is 4.22. The van der Waals surface area contributed by atoms with Crippen LogP contribution in [0, 0.1) is 11.3 Å². The van der Waals surface area contributed by atoms with Crippen molar-refractivity contribution < 1.29 is 9.90 Å². The van der Waals surface area contributed by atoms with Crippen molar-refractivity contribution in [1.29, 1.82) is 0 Å². The van der Waals surface area contributed by atoms with Gasteiger partial charge in [0.15, 0.2) is 0 Å². The second kappa shape index (κ2) is 3.90. The summed E-state index contributed by atoms with van der Waals surface area (Å²) < 4.78 is 0. The molecule has 0 aromatic carbocycles. The SMILES string of the molecule is CC(CC(C)(C)C)C(N)C(=O)O. The molecule has 3 heteroatoms. The largest absolute Gasteiger partial charge is 0.480 e. The fraction of sp³-hybridized carbons (Fsp3) is 0.889. The minimum atomic E-state index is -0.910. The van der Waals surface area contributed by atoms with Crippen molar-refractivity contribution in [3.8, 4) is 0 Å². The molecule has 2 unspecified atom stereocenters. The van der Waals surface area contributed by atoms with E-state index in [4.69, 9.17) is 10.8 Å². The fourth-order valence-electron chi connectivity index (χ4n) is 1.34. The summed E-state index contributed by atoms with van der Waals surface area (Å²) in [5, 5.41) is 8.62. The van der Waals surface area contributed by atoms with Gasteiger partial charge in [0, 0.05) is 0 Å². The first kappa shape index (κ1) is 11.4. The Labute approximate surface area is 74.0 Å². The third kappa shape index (κ3) is 4.34. The second-order valence-corrected chi connectivity index (χ2v) is 4.61. The molecular formula is C9H19NO2. The van der Waals surface area contributed by atoms with Gasteiger partial charge in [-0.2, -0.15) is 0 Å². The molecule has 0 saturated carbocycles. The van der Waals surface area contributed by atoms with Crippen molar-refractivity contribution in [3.05, 3.63) is 0 Å². The van der Waals surface area contributed by atoms with Crippen molar-refractivity contribution in [2.75, 3.05) is 0 Å². The first-order chi connectivity index (χ1) is 5.24. The second-order valence-electron chi connectivity index (χ2n) is 4.61. The van der Waals surface area contributed by atoms with E-state index in [0.717, 1.165) is 6.42 Å². The topological polar surface area (TPSA) is 63.3 Å². The predicted octanol–water partition coefficient (Wildman–Crippen LogP) is 1.47. The normalized spacial score (nSPS) is 17.1. The van der Waals surface area contributed by atoms with Gasteiger partial charge in [0.05, 0.1) is 0 Å². The van der Waals surface area contributed by atoms with Crippen LogP contribution in [0.15, 0.2) is 0 Å². The Morgan fingerprint density at radius 2 is 1.92 bits per heavy atom. The number of carboxylic acids is 1. The van der Waals surface area contributed by atoms with Gasteiger partial charge in [0.25, 0.3) is 0 Å². The molecule has 0 fully saturated rings. The lowest BCUT2D eigenvalue weighted by Gasteiger charge is -2.25. The Hall–Kier alpha value is -0.570. The molecule has 0 heterocycles. The minimum absolute atomic E-state index is 0.0301. The number of hydrogen-bond acceptors (Lipinski definition) is 2. The van der Waals surface area contributed by atoms with Crippen molar-refractivity contribution >= 4 is 5.97 Å². The van der Waals surface area contributed by atoms with Gasteiger partial charge in [-0.25, -0.2) is 0 Å². The zero-order valence-electron chi connectivity index (χ0n) is 8.29. The maximum atomic E-state index is 10.5. The van der Waals surface area contributed by atoms with Crippen molar-refractivity contribution in [1.82, 2.24) is 0 Å². The third-order valence-electron chi connectivity index (χ3n) is 1.83. The molecule has 2 atom stereocenters. The van der Waals surface area contributed by atoms with E-state index in [1.165, 1.54) is 0 Å². The smallest absolute Gasteiger partial charge is 0.320 e. The Balaban J connectivity index is 4.04. The van der Waals surface area contributed by atoms with Crippen molar-refractivity contribution in [3.63, 3.8) is 0 Å². The molecule has 0 rings (SSSR count). The molecule has 0 saturated heterocycles. The lowest BCUT2D eigenvalue weighted by atomic mass is 9.82. The van der Waals surface area contributed by atoms with Gasteiger partial charge in [-0.15, -0.1) is 0 Å². The molecule has 3 nitrogen and oxygen atoms in total. The molecule has 0 aliphatic rings. The maximum Gasteiger partial charge on any atom is 0.320 e. The van der Waals surface area contributed by atoms with Crippen LogP contribution in [0.1, 0.15) is 34.1 Å². The Morgan fingerprint density at radius 3 is 2.17 bits per heavy atom. The van der Waals surface area contributed by atoms with E-state index in [1.54, 1.807) is 0 Å². The van der Waals surface area contributed by atoms with Crippen LogP contribution in [-0.2, 0) is 4.79 Å². The summed E-state index contributed by atoms with van der Waals surface area (Å²) in [7, 11) is 0. The summed E-state index contributed by atoms with van der Waals surface area (Å²) in [6, 6.07) is -0.732. The van der Waals surface area contributed by atoms with Crippen LogP contribution in [0.2, 0.25) is 0 Å². The quantitative estimate of drug-likeness (QED) is 0.679. The summed E-state index contributed by atoms with van der Waals surface area (Å²) in [6.07, 6.45) is 0.834. The summed E-state index contributed by atoms with van der Waals surface area (Å²) in [5.74, 6) is -0.880. The van der Waals surface area contributed by atoms with Gasteiger partial charge < -0.3 is 10.8 Å². The number of carboxylic acid groups (broad SMARTS) is 1. The van der Waals surface area contributed by atoms with E-state index >= 15 is 0 Å². The van der Waals surface area contributed by atoms with Gasteiger partial charge in [0.1, 0.15) is 6.04 Å². The standard InChI is InChI=1S/C9H19NO2/c1-6(5-9(2,3)4)7(10)8(11)12/h6-7H,5,10H2,1-4H3,(H,11,12). The zero-order valence-corrected chi connectivity index (χ0v) is 8.29. The fourth-order valence-corrected chi connectivity index (χ4v) is 1.34. The van der Waals surface area contributed by atoms with Crippen LogP contribution < -0.4 is 5.73 Å². The van der Waals surface area contributed by atoms with E-state index in [1.807, 2.05) is 6.92 Å². The van der Waals surface area contributed by atoms with Crippen LogP contribution in [0.5, 0.6) is 0 Å². The van der Waals surface area contributed by atoms with E-state index in [0.29, 0.717) is 0 Å². The third-order valence-corrected chi connectivity index (χ3v) is 1.83. The summed E-state index contributed by atoms with van der Waals surface area (Å²) in [4.78, 5) is 10.5. The lowest BCUT2D eigenvalue weighted by molar-refractivity contribution is -0.139. The number of aliphatic carboxylic acids is 1. The Bertz CT molecular complexity index is 160. The van der Waals surface area contributed by atoms with Crippen molar-refractivity contribution in [2.45, 2.75) is 40.2 Å². The van der Waals surface area contributed by atoms with Crippen LogP contribution >= 0.6 is 0 Å². The molecule has 12 heavy (non-hydrogen) atoms. The van der Waals surface area contributed by atoms with E-state index in [9.17, 15) is 4.79 Å². The molecule has 0 aliphatic heterocycles.